The number of halogens is 1. The summed E-state index contributed by atoms with van der Waals surface area (Å²) in [6.07, 6.45) is 0.995. The first kappa shape index (κ1) is 15.8. The normalized spacial score (nSPS) is 17.7. The molecule has 106 valence electrons. The zero-order valence-electron chi connectivity index (χ0n) is 11.4. The lowest BCUT2D eigenvalue weighted by Crippen LogP contribution is -2.39. The molecule has 5 heteroatoms. The molecule has 1 heterocycles. The molecule has 2 rings (SSSR count). The molecular formula is C14H21ClN2O2. The van der Waals surface area contributed by atoms with Crippen molar-refractivity contribution >= 4 is 18.3 Å². The lowest BCUT2D eigenvalue weighted by atomic mass is 10.1. The first-order chi connectivity index (χ1) is 8.65. The van der Waals surface area contributed by atoms with Crippen LogP contribution in [0.15, 0.2) is 18.2 Å². The van der Waals surface area contributed by atoms with Gasteiger partial charge >= 0.3 is 0 Å². The molecule has 1 saturated heterocycles. The summed E-state index contributed by atoms with van der Waals surface area (Å²) in [5, 5.41) is 6.16. The second kappa shape index (κ2) is 7.36. The Labute approximate surface area is 120 Å². The van der Waals surface area contributed by atoms with Crippen LogP contribution in [-0.2, 0) is 4.79 Å². The summed E-state index contributed by atoms with van der Waals surface area (Å²) in [6.45, 7) is 6.00. The molecule has 1 fully saturated rings. The van der Waals surface area contributed by atoms with Crippen LogP contribution in [0.1, 0.15) is 17.5 Å². The number of amides is 1. The number of rotatable bonds is 4. The number of hydrogen-bond acceptors (Lipinski definition) is 3. The minimum atomic E-state index is -0.0538. The van der Waals surface area contributed by atoms with Crippen LogP contribution in [0.2, 0.25) is 0 Å². The van der Waals surface area contributed by atoms with E-state index in [1.807, 2.05) is 25.1 Å². The number of ether oxygens (including phenoxy) is 1. The molecule has 0 aliphatic carbocycles. The number of carbonyl (C=O) groups excluding carboxylic acids is 1. The first-order valence-electron chi connectivity index (χ1n) is 6.35. The summed E-state index contributed by atoms with van der Waals surface area (Å²) in [5.41, 5.74) is 2.40. The summed E-state index contributed by atoms with van der Waals surface area (Å²) in [4.78, 5) is 11.7. The van der Waals surface area contributed by atoms with E-state index < -0.39 is 0 Å². The van der Waals surface area contributed by atoms with Gasteiger partial charge in [-0.25, -0.2) is 0 Å². The standard InChI is InChI=1S/C14H20N2O2.ClH/c1-10-3-4-13(7-11(10)2)18-9-14(17)16-12-5-6-15-8-12;/h3-4,7,12,15H,5-6,8-9H2,1-2H3,(H,16,17);1H. The van der Waals surface area contributed by atoms with Gasteiger partial charge in [0.25, 0.3) is 5.91 Å². The molecule has 0 saturated carbocycles. The molecule has 1 unspecified atom stereocenters. The molecule has 0 aromatic heterocycles. The first-order valence-corrected chi connectivity index (χ1v) is 6.35. The van der Waals surface area contributed by atoms with E-state index in [-0.39, 0.29) is 31.0 Å². The molecule has 0 spiro atoms. The van der Waals surface area contributed by atoms with E-state index in [1.54, 1.807) is 0 Å². The van der Waals surface area contributed by atoms with Gasteiger partial charge in [-0.3, -0.25) is 4.79 Å². The van der Waals surface area contributed by atoms with E-state index in [1.165, 1.54) is 11.1 Å². The van der Waals surface area contributed by atoms with Gasteiger partial charge in [0.2, 0.25) is 0 Å². The highest BCUT2D eigenvalue weighted by Crippen LogP contribution is 2.16. The van der Waals surface area contributed by atoms with Crippen LogP contribution in [-0.4, -0.2) is 31.6 Å². The fraction of sp³-hybridized carbons (Fsp3) is 0.500. The maximum Gasteiger partial charge on any atom is 0.258 e. The van der Waals surface area contributed by atoms with Crippen molar-refractivity contribution in [3.8, 4) is 5.75 Å². The van der Waals surface area contributed by atoms with E-state index >= 15 is 0 Å². The molecule has 0 bridgehead atoms. The van der Waals surface area contributed by atoms with Crippen LogP contribution in [0.5, 0.6) is 5.75 Å². The molecule has 1 amide bonds. The van der Waals surface area contributed by atoms with Crippen molar-refractivity contribution in [1.29, 1.82) is 0 Å². The zero-order chi connectivity index (χ0) is 13.0. The monoisotopic (exact) mass is 284 g/mol. The molecule has 0 radical (unpaired) electrons. The van der Waals surface area contributed by atoms with E-state index in [2.05, 4.69) is 17.6 Å². The zero-order valence-corrected chi connectivity index (χ0v) is 12.2. The minimum Gasteiger partial charge on any atom is -0.484 e. The Balaban J connectivity index is 0.00000180. The molecule has 1 aliphatic heterocycles. The van der Waals surface area contributed by atoms with Crippen LogP contribution in [0, 0.1) is 13.8 Å². The lowest BCUT2D eigenvalue weighted by Gasteiger charge is -2.12. The second-order valence-corrected chi connectivity index (χ2v) is 4.79. The average molecular weight is 285 g/mol. The van der Waals surface area contributed by atoms with Crippen molar-refractivity contribution in [2.75, 3.05) is 19.7 Å². The third-order valence-corrected chi connectivity index (χ3v) is 3.27. The third-order valence-electron chi connectivity index (χ3n) is 3.27. The topological polar surface area (TPSA) is 50.4 Å². The van der Waals surface area contributed by atoms with Gasteiger partial charge in [0, 0.05) is 12.6 Å². The lowest BCUT2D eigenvalue weighted by molar-refractivity contribution is -0.123. The quantitative estimate of drug-likeness (QED) is 0.883. The summed E-state index contributed by atoms with van der Waals surface area (Å²) >= 11 is 0. The Morgan fingerprint density at radius 2 is 2.21 bits per heavy atom. The fourth-order valence-corrected chi connectivity index (χ4v) is 2.00. The van der Waals surface area contributed by atoms with Gasteiger partial charge in [0.1, 0.15) is 5.75 Å². The number of aryl methyl sites for hydroxylation is 2. The smallest absolute Gasteiger partial charge is 0.258 e. The molecular weight excluding hydrogens is 264 g/mol. The van der Waals surface area contributed by atoms with Crippen LogP contribution in [0.4, 0.5) is 0 Å². The van der Waals surface area contributed by atoms with Crippen molar-refractivity contribution in [1.82, 2.24) is 10.6 Å². The van der Waals surface area contributed by atoms with Crippen molar-refractivity contribution in [3.63, 3.8) is 0 Å². The second-order valence-electron chi connectivity index (χ2n) is 4.79. The molecule has 2 N–H and O–H groups in total. The Hall–Kier alpha value is -1.26. The predicted octanol–water partition coefficient (Wildman–Crippen LogP) is 1.58. The molecule has 1 aromatic carbocycles. The van der Waals surface area contributed by atoms with Gasteiger partial charge < -0.3 is 15.4 Å². The average Bonchev–Trinajstić information content (AvgIpc) is 2.83. The number of nitrogens with one attached hydrogen (secondary N) is 2. The highest BCUT2D eigenvalue weighted by Gasteiger charge is 2.16. The largest absolute Gasteiger partial charge is 0.484 e. The minimum absolute atomic E-state index is 0. The van der Waals surface area contributed by atoms with Crippen molar-refractivity contribution < 1.29 is 9.53 Å². The Morgan fingerprint density at radius 3 is 2.84 bits per heavy atom. The summed E-state index contributed by atoms with van der Waals surface area (Å²) < 4.78 is 5.48. The van der Waals surface area contributed by atoms with Gasteiger partial charge in [-0.15, -0.1) is 12.4 Å². The predicted molar refractivity (Wildman–Crippen MR) is 78.1 cm³/mol. The van der Waals surface area contributed by atoms with Crippen LogP contribution >= 0.6 is 12.4 Å². The van der Waals surface area contributed by atoms with Gasteiger partial charge in [-0.2, -0.15) is 0 Å². The summed E-state index contributed by atoms with van der Waals surface area (Å²) in [6, 6.07) is 6.11. The van der Waals surface area contributed by atoms with E-state index in [0.29, 0.717) is 0 Å². The molecule has 1 aliphatic rings. The number of benzene rings is 1. The highest BCUT2D eigenvalue weighted by molar-refractivity contribution is 5.85. The van der Waals surface area contributed by atoms with E-state index in [4.69, 9.17) is 4.74 Å². The van der Waals surface area contributed by atoms with Crippen molar-refractivity contribution in [3.05, 3.63) is 29.3 Å². The maximum absolute atomic E-state index is 11.7. The van der Waals surface area contributed by atoms with E-state index in [9.17, 15) is 4.79 Å². The van der Waals surface area contributed by atoms with Crippen LogP contribution in [0.25, 0.3) is 0 Å². The van der Waals surface area contributed by atoms with Crippen LogP contribution < -0.4 is 15.4 Å². The van der Waals surface area contributed by atoms with Crippen molar-refractivity contribution in [2.24, 2.45) is 0 Å². The van der Waals surface area contributed by atoms with Crippen LogP contribution in [0.3, 0.4) is 0 Å². The van der Waals surface area contributed by atoms with Crippen molar-refractivity contribution in [2.45, 2.75) is 26.3 Å². The summed E-state index contributed by atoms with van der Waals surface area (Å²) in [7, 11) is 0. The number of carbonyl (C=O) groups is 1. The van der Waals surface area contributed by atoms with Gasteiger partial charge in [0.15, 0.2) is 6.61 Å². The van der Waals surface area contributed by atoms with Gasteiger partial charge in [0.05, 0.1) is 0 Å². The van der Waals surface area contributed by atoms with Gasteiger partial charge in [-0.05, 0) is 50.1 Å². The maximum atomic E-state index is 11.7. The molecule has 1 atom stereocenters. The fourth-order valence-electron chi connectivity index (χ4n) is 2.00. The molecule has 1 aromatic rings. The summed E-state index contributed by atoms with van der Waals surface area (Å²) in [5.74, 6) is 0.694. The Bertz CT molecular complexity index is 431. The van der Waals surface area contributed by atoms with E-state index in [0.717, 1.165) is 25.3 Å². The molecule has 19 heavy (non-hydrogen) atoms. The SMILES string of the molecule is Cc1ccc(OCC(=O)NC2CCNC2)cc1C.Cl. The Morgan fingerprint density at radius 1 is 1.42 bits per heavy atom. The highest BCUT2D eigenvalue weighted by atomic mass is 35.5. The molecule has 4 nitrogen and oxygen atoms in total. The Kier molecular flexibility index (Phi) is 6.12. The third kappa shape index (κ3) is 4.73. The number of hydrogen-bond donors (Lipinski definition) is 2. The van der Waals surface area contributed by atoms with Gasteiger partial charge in [-0.1, -0.05) is 6.07 Å².